The minimum atomic E-state index is -0.0107. The second-order valence-electron chi connectivity index (χ2n) is 6.19. The first-order chi connectivity index (χ1) is 12.6. The Morgan fingerprint density at radius 2 is 1.77 bits per heavy atom. The van der Waals surface area contributed by atoms with Gasteiger partial charge in [-0.25, -0.2) is 0 Å². The van der Waals surface area contributed by atoms with Gasteiger partial charge in [-0.1, -0.05) is 43.3 Å². The quantitative estimate of drug-likeness (QED) is 0.748. The van der Waals surface area contributed by atoms with E-state index in [4.69, 9.17) is 9.47 Å². The molecule has 0 aliphatic heterocycles. The van der Waals surface area contributed by atoms with Crippen molar-refractivity contribution in [1.82, 2.24) is 10.2 Å². The summed E-state index contributed by atoms with van der Waals surface area (Å²) in [5.41, 5.74) is 2.18. The van der Waals surface area contributed by atoms with Crippen molar-refractivity contribution in [3.05, 3.63) is 59.7 Å². The van der Waals surface area contributed by atoms with Gasteiger partial charge in [0.25, 0.3) is 0 Å². The van der Waals surface area contributed by atoms with Crippen LogP contribution >= 0.6 is 0 Å². The van der Waals surface area contributed by atoms with Crippen LogP contribution < -0.4 is 14.8 Å². The predicted octanol–water partition coefficient (Wildman–Crippen LogP) is 3.40. The molecule has 0 saturated carbocycles. The summed E-state index contributed by atoms with van der Waals surface area (Å²) < 4.78 is 10.6. The van der Waals surface area contributed by atoms with E-state index in [0.29, 0.717) is 24.6 Å². The molecule has 5 heteroatoms. The molecule has 2 rings (SSSR count). The van der Waals surface area contributed by atoms with Crippen molar-refractivity contribution in [2.45, 2.75) is 26.4 Å². The Bertz CT molecular complexity index is 704. The zero-order valence-electron chi connectivity index (χ0n) is 16.0. The van der Waals surface area contributed by atoms with Gasteiger partial charge in [0, 0.05) is 6.54 Å². The van der Waals surface area contributed by atoms with Crippen molar-refractivity contribution in [2.24, 2.45) is 0 Å². The maximum Gasteiger partial charge on any atom is 0.234 e. The molecular formula is C21H28N2O3. The lowest BCUT2D eigenvalue weighted by atomic mass is 10.1. The monoisotopic (exact) mass is 356 g/mol. The van der Waals surface area contributed by atoms with E-state index in [-0.39, 0.29) is 11.9 Å². The fraction of sp³-hybridized carbons (Fsp3) is 0.381. The van der Waals surface area contributed by atoms with Gasteiger partial charge in [0.1, 0.15) is 0 Å². The summed E-state index contributed by atoms with van der Waals surface area (Å²) in [7, 11) is 3.24. The lowest BCUT2D eigenvalue weighted by molar-refractivity contribution is -0.123. The Morgan fingerprint density at radius 1 is 1.08 bits per heavy atom. The lowest BCUT2D eigenvalue weighted by Crippen LogP contribution is -2.37. The van der Waals surface area contributed by atoms with Gasteiger partial charge in [0.15, 0.2) is 11.5 Å². The topological polar surface area (TPSA) is 50.8 Å². The molecule has 0 aliphatic rings. The number of methoxy groups -OCH3 is 2. The second-order valence-corrected chi connectivity index (χ2v) is 6.19. The van der Waals surface area contributed by atoms with Gasteiger partial charge < -0.3 is 14.8 Å². The van der Waals surface area contributed by atoms with Crippen molar-refractivity contribution in [1.29, 1.82) is 0 Å². The van der Waals surface area contributed by atoms with Crippen LogP contribution in [0.25, 0.3) is 0 Å². The standard InChI is InChI=1S/C21H28N2O3/c1-5-23(14-17-11-12-19(25-3)20(13-17)26-4)15-21(24)22-16(2)18-9-7-6-8-10-18/h6-13,16H,5,14-15H2,1-4H3,(H,22,24)/t16-/m1/s1. The van der Waals surface area contributed by atoms with E-state index in [1.165, 1.54) is 0 Å². The zero-order valence-corrected chi connectivity index (χ0v) is 16.0. The summed E-state index contributed by atoms with van der Waals surface area (Å²) in [5.74, 6) is 1.42. The number of benzene rings is 2. The molecule has 0 unspecified atom stereocenters. The molecule has 0 heterocycles. The van der Waals surface area contributed by atoms with Gasteiger partial charge in [-0.3, -0.25) is 9.69 Å². The number of rotatable bonds is 9. The summed E-state index contributed by atoms with van der Waals surface area (Å²) in [5, 5.41) is 3.06. The predicted molar refractivity (Wildman–Crippen MR) is 103 cm³/mol. The average Bonchev–Trinajstić information content (AvgIpc) is 2.67. The van der Waals surface area contributed by atoms with Gasteiger partial charge in [0.05, 0.1) is 26.8 Å². The normalized spacial score (nSPS) is 11.9. The molecule has 0 bridgehead atoms. The second kappa shape index (κ2) is 9.82. The molecule has 0 fully saturated rings. The largest absolute Gasteiger partial charge is 0.493 e. The number of hydrogen-bond acceptors (Lipinski definition) is 4. The van der Waals surface area contributed by atoms with Crippen LogP contribution in [0.15, 0.2) is 48.5 Å². The number of carbonyl (C=O) groups excluding carboxylic acids is 1. The van der Waals surface area contributed by atoms with Crippen LogP contribution in [0.5, 0.6) is 11.5 Å². The third-order valence-electron chi connectivity index (χ3n) is 4.35. The molecule has 5 nitrogen and oxygen atoms in total. The third-order valence-corrected chi connectivity index (χ3v) is 4.35. The minimum Gasteiger partial charge on any atom is -0.493 e. The van der Waals surface area contributed by atoms with Gasteiger partial charge in [-0.05, 0) is 36.7 Å². The summed E-state index contributed by atoms with van der Waals surface area (Å²) in [6, 6.07) is 15.8. The number of hydrogen-bond donors (Lipinski definition) is 1. The van der Waals surface area contributed by atoms with E-state index in [1.54, 1.807) is 14.2 Å². The summed E-state index contributed by atoms with van der Waals surface area (Å²) in [6.07, 6.45) is 0. The van der Waals surface area contributed by atoms with E-state index < -0.39 is 0 Å². The number of nitrogens with zero attached hydrogens (tertiary/aromatic N) is 1. The zero-order chi connectivity index (χ0) is 18.9. The lowest BCUT2D eigenvalue weighted by Gasteiger charge is -2.22. The summed E-state index contributed by atoms with van der Waals surface area (Å²) in [6.45, 7) is 5.85. The van der Waals surface area contributed by atoms with E-state index in [9.17, 15) is 4.79 Å². The maximum absolute atomic E-state index is 12.4. The average molecular weight is 356 g/mol. The number of amides is 1. The SMILES string of the molecule is CCN(CC(=O)N[C@H](C)c1ccccc1)Cc1ccc(OC)c(OC)c1. The molecule has 26 heavy (non-hydrogen) atoms. The smallest absolute Gasteiger partial charge is 0.234 e. The van der Waals surface area contributed by atoms with Gasteiger partial charge in [-0.2, -0.15) is 0 Å². The van der Waals surface area contributed by atoms with Crippen molar-refractivity contribution >= 4 is 5.91 Å². The Labute approximate surface area is 155 Å². The third kappa shape index (κ3) is 5.49. The highest BCUT2D eigenvalue weighted by Crippen LogP contribution is 2.28. The first-order valence-corrected chi connectivity index (χ1v) is 8.85. The first-order valence-electron chi connectivity index (χ1n) is 8.85. The molecule has 0 saturated heterocycles. The molecule has 2 aromatic rings. The van der Waals surface area contributed by atoms with Crippen molar-refractivity contribution in [2.75, 3.05) is 27.3 Å². The van der Waals surface area contributed by atoms with Gasteiger partial charge >= 0.3 is 0 Å². The van der Waals surface area contributed by atoms with Crippen LogP contribution in [0.1, 0.15) is 31.0 Å². The molecule has 140 valence electrons. The highest BCUT2D eigenvalue weighted by Gasteiger charge is 2.14. The molecule has 0 aliphatic carbocycles. The van der Waals surface area contributed by atoms with Crippen molar-refractivity contribution in [3.8, 4) is 11.5 Å². The van der Waals surface area contributed by atoms with E-state index >= 15 is 0 Å². The molecule has 0 aromatic heterocycles. The minimum absolute atomic E-state index is 0.0107. The molecule has 1 amide bonds. The molecular weight excluding hydrogens is 328 g/mol. The van der Waals surface area contributed by atoms with Crippen molar-refractivity contribution < 1.29 is 14.3 Å². The Hall–Kier alpha value is -2.53. The molecule has 1 N–H and O–H groups in total. The molecule has 2 aromatic carbocycles. The summed E-state index contributed by atoms with van der Waals surface area (Å²) >= 11 is 0. The summed E-state index contributed by atoms with van der Waals surface area (Å²) in [4.78, 5) is 14.5. The number of likely N-dealkylation sites (N-methyl/N-ethyl adjacent to an activating group) is 1. The molecule has 0 radical (unpaired) electrons. The van der Waals surface area contributed by atoms with Crippen LogP contribution in [-0.4, -0.2) is 38.1 Å². The van der Waals surface area contributed by atoms with Crippen LogP contribution in [0.4, 0.5) is 0 Å². The Balaban J connectivity index is 1.95. The Kier molecular flexibility index (Phi) is 7.48. The van der Waals surface area contributed by atoms with Crippen molar-refractivity contribution in [3.63, 3.8) is 0 Å². The van der Waals surface area contributed by atoms with Crippen LogP contribution in [-0.2, 0) is 11.3 Å². The Morgan fingerprint density at radius 3 is 2.38 bits per heavy atom. The fourth-order valence-corrected chi connectivity index (χ4v) is 2.83. The maximum atomic E-state index is 12.4. The van der Waals surface area contributed by atoms with Crippen LogP contribution in [0.3, 0.4) is 0 Å². The number of ether oxygens (including phenoxy) is 2. The first kappa shape index (κ1) is 19.8. The molecule has 0 spiro atoms. The number of carbonyl (C=O) groups is 1. The van der Waals surface area contributed by atoms with Crippen LogP contribution in [0, 0.1) is 0 Å². The highest BCUT2D eigenvalue weighted by atomic mass is 16.5. The van der Waals surface area contributed by atoms with E-state index in [2.05, 4.69) is 17.1 Å². The van der Waals surface area contributed by atoms with Crippen LogP contribution in [0.2, 0.25) is 0 Å². The number of nitrogens with one attached hydrogen (secondary N) is 1. The van der Waals surface area contributed by atoms with E-state index in [1.807, 2.05) is 55.5 Å². The molecule has 1 atom stereocenters. The highest BCUT2D eigenvalue weighted by molar-refractivity contribution is 5.78. The fourth-order valence-electron chi connectivity index (χ4n) is 2.83. The van der Waals surface area contributed by atoms with E-state index in [0.717, 1.165) is 17.7 Å². The van der Waals surface area contributed by atoms with Gasteiger partial charge in [0.2, 0.25) is 5.91 Å². The van der Waals surface area contributed by atoms with Gasteiger partial charge in [-0.15, -0.1) is 0 Å².